The van der Waals surface area contributed by atoms with Gasteiger partial charge in [0.1, 0.15) is 5.75 Å². The van der Waals surface area contributed by atoms with Crippen LogP contribution in [0.1, 0.15) is 48.0 Å². The third-order valence-corrected chi connectivity index (χ3v) is 4.49. The largest absolute Gasteiger partial charge is 0.494 e. The topological polar surface area (TPSA) is 66.8 Å². The van der Waals surface area contributed by atoms with Gasteiger partial charge in [-0.3, -0.25) is 4.79 Å². The Morgan fingerprint density at radius 2 is 1.46 bits per heavy atom. The SMILES string of the molecule is O=C(c1ccccc1)c1ccc(OCCCC(CCO)CCCO)cc1. The molecular weight excluding hydrogens is 328 g/mol. The summed E-state index contributed by atoms with van der Waals surface area (Å²) < 4.78 is 5.76. The smallest absolute Gasteiger partial charge is 0.193 e. The van der Waals surface area contributed by atoms with E-state index in [9.17, 15) is 4.79 Å². The highest BCUT2D eigenvalue weighted by Gasteiger charge is 2.09. The fourth-order valence-electron chi connectivity index (χ4n) is 3.02. The van der Waals surface area contributed by atoms with Crippen LogP contribution in [0.4, 0.5) is 0 Å². The van der Waals surface area contributed by atoms with Gasteiger partial charge >= 0.3 is 0 Å². The summed E-state index contributed by atoms with van der Waals surface area (Å²) in [6.07, 6.45) is 4.37. The molecule has 0 bridgehead atoms. The summed E-state index contributed by atoms with van der Waals surface area (Å²) in [5.74, 6) is 1.19. The first-order valence-electron chi connectivity index (χ1n) is 9.29. The molecule has 0 aliphatic rings. The zero-order chi connectivity index (χ0) is 18.6. The maximum atomic E-state index is 12.4. The monoisotopic (exact) mass is 356 g/mol. The molecule has 0 spiro atoms. The number of rotatable bonds is 12. The Morgan fingerprint density at radius 3 is 2.12 bits per heavy atom. The molecule has 0 fully saturated rings. The first-order valence-corrected chi connectivity index (χ1v) is 9.29. The summed E-state index contributed by atoms with van der Waals surface area (Å²) >= 11 is 0. The molecule has 26 heavy (non-hydrogen) atoms. The number of carbonyl (C=O) groups is 1. The summed E-state index contributed by atoms with van der Waals surface area (Å²) in [5, 5.41) is 18.0. The third kappa shape index (κ3) is 6.62. The summed E-state index contributed by atoms with van der Waals surface area (Å²) in [6.45, 7) is 0.993. The molecule has 0 aliphatic heterocycles. The van der Waals surface area contributed by atoms with Crippen molar-refractivity contribution in [3.63, 3.8) is 0 Å². The Balaban J connectivity index is 1.77. The third-order valence-electron chi connectivity index (χ3n) is 4.49. The van der Waals surface area contributed by atoms with Gasteiger partial charge in [0.15, 0.2) is 5.78 Å². The van der Waals surface area contributed by atoms with Crippen molar-refractivity contribution in [2.24, 2.45) is 5.92 Å². The second kappa shape index (κ2) is 11.4. The molecule has 1 atom stereocenters. The van der Waals surface area contributed by atoms with Crippen molar-refractivity contribution in [3.05, 3.63) is 65.7 Å². The zero-order valence-electron chi connectivity index (χ0n) is 15.1. The maximum Gasteiger partial charge on any atom is 0.193 e. The van der Waals surface area contributed by atoms with Gasteiger partial charge < -0.3 is 14.9 Å². The predicted octanol–water partition coefficient (Wildman–Crippen LogP) is 3.85. The summed E-state index contributed by atoms with van der Waals surface area (Å²) in [4.78, 5) is 12.4. The van der Waals surface area contributed by atoms with Gasteiger partial charge in [-0.25, -0.2) is 0 Å². The normalized spacial score (nSPS) is 11.9. The predicted molar refractivity (Wildman–Crippen MR) is 103 cm³/mol. The standard InChI is InChI=1S/C22H28O4/c23-15-4-6-18(14-16-24)7-5-17-26-21-12-10-20(11-13-21)22(25)19-8-2-1-3-9-19/h1-3,8-13,18,23-24H,4-7,14-17H2. The van der Waals surface area contributed by atoms with E-state index in [-0.39, 0.29) is 19.0 Å². The van der Waals surface area contributed by atoms with Crippen molar-refractivity contribution in [1.29, 1.82) is 0 Å². The molecule has 0 heterocycles. The number of hydrogen-bond acceptors (Lipinski definition) is 4. The molecule has 1 unspecified atom stereocenters. The van der Waals surface area contributed by atoms with E-state index in [0.29, 0.717) is 23.7 Å². The van der Waals surface area contributed by atoms with Crippen LogP contribution in [0.25, 0.3) is 0 Å². The molecule has 0 amide bonds. The van der Waals surface area contributed by atoms with Gasteiger partial charge in [0, 0.05) is 24.3 Å². The van der Waals surface area contributed by atoms with E-state index in [0.717, 1.165) is 37.9 Å². The second-order valence-corrected chi connectivity index (χ2v) is 6.45. The van der Waals surface area contributed by atoms with Crippen molar-refractivity contribution in [2.75, 3.05) is 19.8 Å². The molecule has 0 saturated heterocycles. The molecule has 2 N–H and O–H groups in total. The van der Waals surface area contributed by atoms with E-state index >= 15 is 0 Å². The van der Waals surface area contributed by atoms with Crippen molar-refractivity contribution in [2.45, 2.75) is 32.1 Å². The Hall–Kier alpha value is -2.17. The Morgan fingerprint density at radius 1 is 0.808 bits per heavy atom. The number of ketones is 1. The molecule has 4 heteroatoms. The Labute approximate surface area is 155 Å². The van der Waals surface area contributed by atoms with Crippen LogP contribution in [0.3, 0.4) is 0 Å². The minimum atomic E-state index is 0.00730. The lowest BCUT2D eigenvalue weighted by Gasteiger charge is -2.15. The fourth-order valence-corrected chi connectivity index (χ4v) is 3.02. The number of carbonyl (C=O) groups excluding carboxylic acids is 1. The van der Waals surface area contributed by atoms with Crippen LogP contribution in [0, 0.1) is 5.92 Å². The lowest BCUT2D eigenvalue weighted by atomic mass is 9.95. The minimum absolute atomic E-state index is 0.00730. The van der Waals surface area contributed by atoms with Gasteiger partial charge in [-0.2, -0.15) is 0 Å². The lowest BCUT2D eigenvalue weighted by molar-refractivity contribution is 0.103. The van der Waals surface area contributed by atoms with Crippen LogP contribution in [-0.4, -0.2) is 35.8 Å². The average molecular weight is 356 g/mol. The van der Waals surface area contributed by atoms with E-state index < -0.39 is 0 Å². The second-order valence-electron chi connectivity index (χ2n) is 6.45. The molecule has 0 saturated carbocycles. The molecule has 140 valence electrons. The van der Waals surface area contributed by atoms with Crippen molar-refractivity contribution < 1.29 is 19.7 Å². The van der Waals surface area contributed by atoms with Crippen molar-refractivity contribution in [1.82, 2.24) is 0 Å². The van der Waals surface area contributed by atoms with E-state index in [1.165, 1.54) is 0 Å². The molecular formula is C22H28O4. The van der Waals surface area contributed by atoms with Gasteiger partial charge in [-0.05, 0) is 62.3 Å². The Bertz CT molecular complexity index is 637. The molecule has 0 radical (unpaired) electrons. The average Bonchev–Trinajstić information content (AvgIpc) is 2.70. The number of ether oxygens (including phenoxy) is 1. The molecule has 4 nitrogen and oxygen atoms in total. The molecule has 2 aromatic rings. The number of aliphatic hydroxyl groups excluding tert-OH is 2. The summed E-state index contributed by atoms with van der Waals surface area (Å²) in [7, 11) is 0. The highest BCUT2D eigenvalue weighted by molar-refractivity contribution is 6.08. The van der Waals surface area contributed by atoms with E-state index in [4.69, 9.17) is 14.9 Å². The van der Waals surface area contributed by atoms with E-state index in [2.05, 4.69) is 0 Å². The number of hydrogen-bond donors (Lipinski definition) is 2. The summed E-state index contributed by atoms with van der Waals surface area (Å²) in [6, 6.07) is 16.5. The zero-order valence-corrected chi connectivity index (χ0v) is 15.1. The highest BCUT2D eigenvalue weighted by atomic mass is 16.5. The van der Waals surface area contributed by atoms with Crippen LogP contribution in [0.5, 0.6) is 5.75 Å². The van der Waals surface area contributed by atoms with Crippen LogP contribution in [0.2, 0.25) is 0 Å². The van der Waals surface area contributed by atoms with Crippen LogP contribution < -0.4 is 4.74 Å². The summed E-state index contributed by atoms with van der Waals surface area (Å²) in [5.41, 5.74) is 1.33. The Kier molecular flexibility index (Phi) is 8.87. The van der Waals surface area contributed by atoms with Crippen molar-refractivity contribution >= 4 is 5.78 Å². The fraction of sp³-hybridized carbons (Fsp3) is 0.409. The molecule has 2 aromatic carbocycles. The number of aliphatic hydroxyl groups is 2. The van der Waals surface area contributed by atoms with Gasteiger partial charge in [-0.15, -0.1) is 0 Å². The maximum absolute atomic E-state index is 12.4. The molecule has 2 rings (SSSR count). The molecule has 0 aromatic heterocycles. The minimum Gasteiger partial charge on any atom is -0.494 e. The van der Waals surface area contributed by atoms with Gasteiger partial charge in [0.05, 0.1) is 6.61 Å². The van der Waals surface area contributed by atoms with Crippen LogP contribution in [0.15, 0.2) is 54.6 Å². The van der Waals surface area contributed by atoms with Crippen LogP contribution >= 0.6 is 0 Å². The molecule has 0 aliphatic carbocycles. The van der Waals surface area contributed by atoms with E-state index in [1.807, 2.05) is 42.5 Å². The first-order chi connectivity index (χ1) is 12.7. The van der Waals surface area contributed by atoms with E-state index in [1.54, 1.807) is 12.1 Å². The highest BCUT2D eigenvalue weighted by Crippen LogP contribution is 2.19. The van der Waals surface area contributed by atoms with Gasteiger partial charge in [0.25, 0.3) is 0 Å². The quantitative estimate of drug-likeness (QED) is 0.448. The van der Waals surface area contributed by atoms with Crippen LogP contribution in [-0.2, 0) is 0 Å². The number of benzene rings is 2. The van der Waals surface area contributed by atoms with Gasteiger partial charge in [-0.1, -0.05) is 30.3 Å². The van der Waals surface area contributed by atoms with Crippen molar-refractivity contribution in [3.8, 4) is 5.75 Å². The first kappa shape index (κ1) is 20.1. The lowest BCUT2D eigenvalue weighted by Crippen LogP contribution is -2.07. The van der Waals surface area contributed by atoms with Gasteiger partial charge in [0.2, 0.25) is 0 Å².